The number of rotatable bonds is 6. The maximum absolute atomic E-state index is 13.4. The Balaban J connectivity index is 1.91. The second-order valence-electron chi connectivity index (χ2n) is 7.88. The van der Waals surface area contributed by atoms with Crippen molar-refractivity contribution in [2.24, 2.45) is 7.05 Å². The molecule has 2 aromatic rings. The molecule has 1 atom stereocenters. The third kappa shape index (κ3) is 5.31. The molecule has 1 aliphatic rings. The van der Waals surface area contributed by atoms with Gasteiger partial charge in [-0.1, -0.05) is 0 Å². The lowest BCUT2D eigenvalue weighted by atomic mass is 10.0. The molecule has 1 fully saturated rings. The van der Waals surface area contributed by atoms with E-state index in [1.165, 1.54) is 22.8 Å². The molecule has 1 saturated heterocycles. The lowest BCUT2D eigenvalue weighted by Crippen LogP contribution is -2.61. The average Bonchev–Trinajstić information content (AvgIpc) is 3.15. The van der Waals surface area contributed by atoms with E-state index in [-0.39, 0.29) is 38.5 Å². The standard InChI is InChI=1S/C22H25F3N6O3/c1-14-10-18(29(2)28-14)21(33)31-8-7-30(13-19(31)20(32)27-6-9-34-3)16-5-4-15(12-26)17(11-16)22(23,24)25/h4-5,10-11,19H,6-9,13H2,1-3H3,(H,27,32). The molecule has 0 bridgehead atoms. The average molecular weight is 478 g/mol. The molecule has 3 rings (SSSR count). The van der Waals surface area contributed by atoms with Gasteiger partial charge in [0.2, 0.25) is 5.91 Å². The van der Waals surface area contributed by atoms with Crippen molar-refractivity contribution < 1.29 is 27.5 Å². The summed E-state index contributed by atoms with van der Waals surface area (Å²) in [6.07, 6.45) is -4.70. The topological polar surface area (TPSA) is 103 Å². The number of benzene rings is 1. The van der Waals surface area contributed by atoms with Crippen LogP contribution in [0, 0.1) is 18.3 Å². The van der Waals surface area contributed by atoms with E-state index in [9.17, 15) is 22.8 Å². The van der Waals surface area contributed by atoms with E-state index in [0.717, 1.165) is 12.1 Å². The summed E-state index contributed by atoms with van der Waals surface area (Å²) >= 11 is 0. The molecule has 0 saturated carbocycles. The summed E-state index contributed by atoms with van der Waals surface area (Å²) in [5.41, 5.74) is -0.367. The van der Waals surface area contributed by atoms with Crippen LogP contribution in [0.15, 0.2) is 24.3 Å². The third-order valence-electron chi connectivity index (χ3n) is 5.56. The van der Waals surface area contributed by atoms with Gasteiger partial charge in [0.05, 0.1) is 29.5 Å². The lowest BCUT2D eigenvalue weighted by molar-refractivity contribution is -0.137. The SMILES string of the molecule is COCCNC(=O)C1CN(c2ccc(C#N)c(C(F)(F)F)c2)CCN1C(=O)c1cc(C)nn1C. The van der Waals surface area contributed by atoms with Gasteiger partial charge in [-0.05, 0) is 31.2 Å². The van der Waals surface area contributed by atoms with Crippen LogP contribution in [-0.4, -0.2) is 72.4 Å². The van der Waals surface area contributed by atoms with Crippen molar-refractivity contribution in [1.82, 2.24) is 20.0 Å². The summed E-state index contributed by atoms with van der Waals surface area (Å²) in [6.45, 7) is 2.51. The minimum absolute atomic E-state index is 0.0232. The van der Waals surface area contributed by atoms with Crippen LogP contribution in [0.1, 0.15) is 27.3 Å². The van der Waals surface area contributed by atoms with E-state index < -0.39 is 35.2 Å². The van der Waals surface area contributed by atoms with Gasteiger partial charge in [-0.15, -0.1) is 0 Å². The number of aryl methyl sites for hydroxylation is 2. The van der Waals surface area contributed by atoms with Gasteiger partial charge in [-0.2, -0.15) is 23.5 Å². The van der Waals surface area contributed by atoms with Crippen molar-refractivity contribution in [2.45, 2.75) is 19.1 Å². The predicted molar refractivity (Wildman–Crippen MR) is 116 cm³/mol. The zero-order valence-corrected chi connectivity index (χ0v) is 19.0. The highest BCUT2D eigenvalue weighted by Gasteiger charge is 2.38. The maximum Gasteiger partial charge on any atom is 0.417 e. The third-order valence-corrected chi connectivity index (χ3v) is 5.56. The number of carbonyl (C=O) groups excluding carboxylic acids is 2. The number of piperazine rings is 1. The Labute approximate surface area is 194 Å². The van der Waals surface area contributed by atoms with Crippen LogP contribution >= 0.6 is 0 Å². The lowest BCUT2D eigenvalue weighted by Gasteiger charge is -2.41. The number of nitrogens with zero attached hydrogens (tertiary/aromatic N) is 5. The quantitative estimate of drug-likeness (QED) is 0.634. The number of alkyl halides is 3. The Bertz CT molecular complexity index is 1110. The highest BCUT2D eigenvalue weighted by molar-refractivity contribution is 5.97. The number of amides is 2. The molecule has 2 amide bonds. The highest BCUT2D eigenvalue weighted by Crippen LogP contribution is 2.35. The van der Waals surface area contributed by atoms with Gasteiger partial charge in [0.15, 0.2) is 0 Å². The van der Waals surface area contributed by atoms with Gasteiger partial charge in [0.25, 0.3) is 5.91 Å². The number of halogens is 3. The summed E-state index contributed by atoms with van der Waals surface area (Å²) < 4.78 is 46.7. The van der Waals surface area contributed by atoms with Crippen LogP contribution in [0.2, 0.25) is 0 Å². The van der Waals surface area contributed by atoms with Gasteiger partial charge in [0.1, 0.15) is 11.7 Å². The Morgan fingerprint density at radius 3 is 2.62 bits per heavy atom. The fraction of sp³-hybridized carbons (Fsp3) is 0.455. The molecule has 1 aromatic heterocycles. The molecule has 9 nitrogen and oxygen atoms in total. The summed E-state index contributed by atoms with van der Waals surface area (Å²) in [5.74, 6) is -0.843. The largest absolute Gasteiger partial charge is 0.417 e. The summed E-state index contributed by atoms with van der Waals surface area (Å²) in [4.78, 5) is 29.2. The smallest absolute Gasteiger partial charge is 0.383 e. The molecule has 0 radical (unpaired) electrons. The predicted octanol–water partition coefficient (Wildman–Crippen LogP) is 1.71. The zero-order chi connectivity index (χ0) is 25.0. The number of nitrogens with one attached hydrogen (secondary N) is 1. The molecule has 1 unspecified atom stereocenters. The molecule has 0 spiro atoms. The van der Waals surface area contributed by atoms with E-state index >= 15 is 0 Å². The molecule has 34 heavy (non-hydrogen) atoms. The zero-order valence-electron chi connectivity index (χ0n) is 19.0. The maximum atomic E-state index is 13.4. The second-order valence-corrected chi connectivity index (χ2v) is 7.88. The van der Waals surface area contributed by atoms with Gasteiger partial charge in [-0.25, -0.2) is 0 Å². The molecular weight excluding hydrogens is 453 g/mol. The van der Waals surface area contributed by atoms with Crippen LogP contribution in [-0.2, 0) is 22.8 Å². The van der Waals surface area contributed by atoms with Gasteiger partial charge >= 0.3 is 6.18 Å². The number of hydrogen-bond donors (Lipinski definition) is 1. The van der Waals surface area contributed by atoms with Crippen molar-refractivity contribution in [2.75, 3.05) is 44.8 Å². The summed E-state index contributed by atoms with van der Waals surface area (Å²) in [7, 11) is 3.11. The number of ether oxygens (including phenoxy) is 1. The van der Waals surface area contributed by atoms with E-state index in [1.807, 2.05) is 0 Å². The molecule has 0 aliphatic carbocycles. The van der Waals surface area contributed by atoms with Crippen molar-refractivity contribution in [3.05, 3.63) is 46.8 Å². The van der Waals surface area contributed by atoms with Crippen LogP contribution in [0.5, 0.6) is 0 Å². The first-order valence-electron chi connectivity index (χ1n) is 10.5. The number of carbonyl (C=O) groups is 2. The summed E-state index contributed by atoms with van der Waals surface area (Å²) in [5, 5.41) is 15.9. The monoisotopic (exact) mass is 478 g/mol. The first-order chi connectivity index (χ1) is 16.1. The normalized spacial score (nSPS) is 16.3. The first kappa shape index (κ1) is 25.0. The van der Waals surface area contributed by atoms with Crippen LogP contribution in [0.4, 0.5) is 18.9 Å². The van der Waals surface area contributed by atoms with Gasteiger partial charge in [-0.3, -0.25) is 14.3 Å². The Morgan fingerprint density at radius 2 is 2.03 bits per heavy atom. The minimum atomic E-state index is -4.70. The molecule has 1 aliphatic heterocycles. The van der Waals surface area contributed by atoms with E-state index in [4.69, 9.17) is 10.00 Å². The van der Waals surface area contributed by atoms with Crippen LogP contribution in [0.3, 0.4) is 0 Å². The van der Waals surface area contributed by atoms with E-state index in [1.54, 1.807) is 31.0 Å². The van der Waals surface area contributed by atoms with Gasteiger partial charge in [0, 0.05) is 46.0 Å². The molecule has 12 heteroatoms. The van der Waals surface area contributed by atoms with Crippen molar-refractivity contribution in [1.29, 1.82) is 5.26 Å². The van der Waals surface area contributed by atoms with Crippen molar-refractivity contribution >= 4 is 17.5 Å². The van der Waals surface area contributed by atoms with E-state index in [2.05, 4.69) is 10.4 Å². The van der Waals surface area contributed by atoms with Crippen LogP contribution < -0.4 is 10.2 Å². The number of hydrogen-bond acceptors (Lipinski definition) is 6. The summed E-state index contributed by atoms with van der Waals surface area (Å²) in [6, 6.07) is 5.64. The second kappa shape index (κ2) is 10.1. The van der Waals surface area contributed by atoms with E-state index in [0.29, 0.717) is 11.4 Å². The molecule has 1 N–H and O–H groups in total. The Kier molecular flexibility index (Phi) is 7.46. The fourth-order valence-electron chi connectivity index (χ4n) is 3.90. The molecule has 182 valence electrons. The van der Waals surface area contributed by atoms with Gasteiger partial charge < -0.3 is 19.9 Å². The van der Waals surface area contributed by atoms with Crippen molar-refractivity contribution in [3.63, 3.8) is 0 Å². The van der Waals surface area contributed by atoms with Crippen molar-refractivity contribution in [3.8, 4) is 6.07 Å². The molecular formula is C22H25F3N6O3. The Morgan fingerprint density at radius 1 is 1.29 bits per heavy atom. The first-order valence-corrected chi connectivity index (χ1v) is 10.5. The van der Waals surface area contributed by atoms with Crippen LogP contribution in [0.25, 0.3) is 0 Å². The number of anilines is 1. The number of aromatic nitrogens is 2. The minimum Gasteiger partial charge on any atom is -0.383 e. The molecule has 1 aromatic carbocycles. The Hall–Kier alpha value is -3.59. The fourth-order valence-corrected chi connectivity index (χ4v) is 3.90. The number of nitriles is 1. The highest BCUT2D eigenvalue weighted by atomic mass is 19.4. The molecule has 2 heterocycles. The number of methoxy groups -OCH3 is 1.